The summed E-state index contributed by atoms with van der Waals surface area (Å²) in [5, 5.41) is 3.28. The molecule has 0 unspecified atom stereocenters. The molecule has 0 bridgehead atoms. The minimum Gasteiger partial charge on any atom is -0.302 e. The molecule has 0 saturated heterocycles. The number of carbonyl (C=O) groups is 1. The largest absolute Gasteiger partial charge is 0.302 e. The summed E-state index contributed by atoms with van der Waals surface area (Å²) in [6, 6.07) is 16.2. The standard InChI is InChI=1S/C18H15FN2OS/c1-12-17(13-7-3-2-4-8-13)23-18(20-12)21-16(22)11-14-9-5-6-10-15(14)19/h2-10H,11H2,1H3,(H,20,21,22). The average molecular weight is 326 g/mol. The molecule has 1 amide bonds. The molecule has 3 nitrogen and oxygen atoms in total. The molecule has 0 radical (unpaired) electrons. The van der Waals surface area contributed by atoms with Crippen LogP contribution in [-0.4, -0.2) is 10.9 Å². The number of anilines is 1. The number of halogens is 1. The average Bonchev–Trinajstić information content (AvgIpc) is 2.91. The Hall–Kier alpha value is -2.53. The molecule has 3 rings (SSSR count). The maximum Gasteiger partial charge on any atom is 0.230 e. The van der Waals surface area contributed by atoms with Gasteiger partial charge in [0.2, 0.25) is 5.91 Å². The zero-order valence-electron chi connectivity index (χ0n) is 12.5. The lowest BCUT2D eigenvalue weighted by atomic mass is 10.1. The highest BCUT2D eigenvalue weighted by atomic mass is 32.1. The van der Waals surface area contributed by atoms with E-state index in [4.69, 9.17) is 0 Å². The van der Waals surface area contributed by atoms with Gasteiger partial charge in [0.1, 0.15) is 5.82 Å². The summed E-state index contributed by atoms with van der Waals surface area (Å²) in [7, 11) is 0. The first-order valence-corrected chi connectivity index (χ1v) is 8.01. The third kappa shape index (κ3) is 3.63. The van der Waals surface area contributed by atoms with Crippen LogP contribution in [0.5, 0.6) is 0 Å². The molecule has 1 N–H and O–H groups in total. The van der Waals surface area contributed by atoms with Gasteiger partial charge in [0.25, 0.3) is 0 Å². The summed E-state index contributed by atoms with van der Waals surface area (Å²) in [5.41, 5.74) is 2.31. The highest BCUT2D eigenvalue weighted by Gasteiger charge is 2.13. The van der Waals surface area contributed by atoms with E-state index in [2.05, 4.69) is 10.3 Å². The Bertz CT molecular complexity index is 830. The van der Waals surface area contributed by atoms with Gasteiger partial charge in [-0.05, 0) is 24.1 Å². The van der Waals surface area contributed by atoms with E-state index in [1.165, 1.54) is 17.4 Å². The van der Waals surface area contributed by atoms with E-state index in [0.717, 1.165) is 16.1 Å². The maximum atomic E-state index is 13.6. The van der Waals surface area contributed by atoms with Crippen molar-refractivity contribution in [1.82, 2.24) is 4.98 Å². The number of hydrogen-bond acceptors (Lipinski definition) is 3. The summed E-state index contributed by atoms with van der Waals surface area (Å²) < 4.78 is 13.6. The molecule has 3 aromatic rings. The molecular weight excluding hydrogens is 311 g/mol. The molecule has 0 saturated carbocycles. The normalized spacial score (nSPS) is 10.5. The van der Waals surface area contributed by atoms with Gasteiger partial charge in [-0.15, -0.1) is 0 Å². The van der Waals surface area contributed by atoms with Gasteiger partial charge in [-0.25, -0.2) is 9.37 Å². The molecule has 1 aromatic heterocycles. The molecule has 0 fully saturated rings. The lowest BCUT2D eigenvalue weighted by Crippen LogP contribution is -2.15. The van der Waals surface area contributed by atoms with Crippen LogP contribution in [0.25, 0.3) is 10.4 Å². The van der Waals surface area contributed by atoms with Crippen molar-refractivity contribution >= 4 is 22.4 Å². The van der Waals surface area contributed by atoms with Crippen molar-refractivity contribution in [3.8, 4) is 10.4 Å². The van der Waals surface area contributed by atoms with Gasteiger partial charge in [-0.2, -0.15) is 0 Å². The number of benzene rings is 2. The van der Waals surface area contributed by atoms with Crippen LogP contribution in [0, 0.1) is 12.7 Å². The SMILES string of the molecule is Cc1nc(NC(=O)Cc2ccccc2F)sc1-c1ccccc1. The van der Waals surface area contributed by atoms with E-state index in [1.807, 2.05) is 37.3 Å². The molecular formula is C18H15FN2OS. The van der Waals surface area contributed by atoms with E-state index in [9.17, 15) is 9.18 Å². The van der Waals surface area contributed by atoms with Gasteiger partial charge in [0, 0.05) is 0 Å². The van der Waals surface area contributed by atoms with E-state index >= 15 is 0 Å². The zero-order valence-corrected chi connectivity index (χ0v) is 13.4. The van der Waals surface area contributed by atoms with E-state index in [-0.39, 0.29) is 18.1 Å². The molecule has 0 spiro atoms. The number of aryl methyl sites for hydroxylation is 1. The predicted molar refractivity (Wildman–Crippen MR) is 91.0 cm³/mol. The Balaban J connectivity index is 1.74. The second-order valence-electron chi connectivity index (χ2n) is 5.12. The highest BCUT2D eigenvalue weighted by Crippen LogP contribution is 2.32. The maximum absolute atomic E-state index is 13.6. The topological polar surface area (TPSA) is 42.0 Å². The molecule has 2 aromatic carbocycles. The van der Waals surface area contributed by atoms with Crippen molar-refractivity contribution < 1.29 is 9.18 Å². The molecule has 0 aliphatic carbocycles. The van der Waals surface area contributed by atoms with Crippen molar-refractivity contribution in [3.05, 3.63) is 71.7 Å². The number of hydrogen-bond donors (Lipinski definition) is 1. The Labute approximate surface area is 137 Å². The van der Waals surface area contributed by atoms with Crippen molar-refractivity contribution in [2.45, 2.75) is 13.3 Å². The van der Waals surface area contributed by atoms with Crippen molar-refractivity contribution in [2.75, 3.05) is 5.32 Å². The molecule has 1 heterocycles. The number of aromatic nitrogens is 1. The summed E-state index contributed by atoms with van der Waals surface area (Å²) >= 11 is 1.42. The van der Waals surface area contributed by atoms with Crippen LogP contribution >= 0.6 is 11.3 Å². The molecule has 116 valence electrons. The van der Waals surface area contributed by atoms with Crippen molar-refractivity contribution in [3.63, 3.8) is 0 Å². The Morgan fingerprint density at radius 1 is 1.13 bits per heavy atom. The molecule has 0 aliphatic heterocycles. The first kappa shape index (κ1) is 15.4. The Morgan fingerprint density at radius 3 is 2.57 bits per heavy atom. The number of nitrogens with one attached hydrogen (secondary N) is 1. The third-order valence-electron chi connectivity index (χ3n) is 3.39. The first-order chi connectivity index (χ1) is 11.1. The number of carbonyl (C=O) groups excluding carboxylic acids is 1. The van der Waals surface area contributed by atoms with E-state index in [1.54, 1.807) is 18.2 Å². The van der Waals surface area contributed by atoms with Gasteiger partial charge in [0.05, 0.1) is 17.0 Å². The molecule has 23 heavy (non-hydrogen) atoms. The predicted octanol–water partition coefficient (Wildman–Crippen LogP) is 4.44. The van der Waals surface area contributed by atoms with E-state index < -0.39 is 0 Å². The number of rotatable bonds is 4. The third-order valence-corrected chi connectivity index (χ3v) is 4.51. The monoisotopic (exact) mass is 326 g/mol. The number of thiazole rings is 1. The van der Waals surface area contributed by atoms with Crippen LogP contribution in [-0.2, 0) is 11.2 Å². The van der Waals surface area contributed by atoms with Crippen LogP contribution in [0.1, 0.15) is 11.3 Å². The van der Waals surface area contributed by atoms with Crippen molar-refractivity contribution in [2.24, 2.45) is 0 Å². The van der Waals surface area contributed by atoms with Crippen LogP contribution in [0.2, 0.25) is 0 Å². The summed E-state index contributed by atoms with van der Waals surface area (Å²) in [6.45, 7) is 1.91. The van der Waals surface area contributed by atoms with Gasteiger partial charge < -0.3 is 5.32 Å². The number of nitrogens with zero attached hydrogens (tertiary/aromatic N) is 1. The summed E-state index contributed by atoms with van der Waals surface area (Å²) in [6.07, 6.45) is -0.00797. The highest BCUT2D eigenvalue weighted by molar-refractivity contribution is 7.19. The zero-order chi connectivity index (χ0) is 16.2. The Kier molecular flexibility index (Phi) is 4.48. The van der Waals surface area contributed by atoms with E-state index in [0.29, 0.717) is 10.7 Å². The fourth-order valence-electron chi connectivity index (χ4n) is 2.29. The second kappa shape index (κ2) is 6.71. The fraction of sp³-hybridized carbons (Fsp3) is 0.111. The quantitative estimate of drug-likeness (QED) is 0.770. The van der Waals surface area contributed by atoms with Gasteiger partial charge in [-0.1, -0.05) is 59.9 Å². The molecule has 0 aliphatic rings. The smallest absolute Gasteiger partial charge is 0.230 e. The molecule has 5 heteroatoms. The van der Waals surface area contributed by atoms with Gasteiger partial charge in [-0.3, -0.25) is 4.79 Å². The lowest BCUT2D eigenvalue weighted by molar-refractivity contribution is -0.115. The number of amides is 1. The summed E-state index contributed by atoms with van der Waals surface area (Å²) in [5.74, 6) is -0.647. The van der Waals surface area contributed by atoms with Crippen molar-refractivity contribution in [1.29, 1.82) is 0 Å². The van der Waals surface area contributed by atoms with Crippen LogP contribution in [0.3, 0.4) is 0 Å². The van der Waals surface area contributed by atoms with Gasteiger partial charge >= 0.3 is 0 Å². The van der Waals surface area contributed by atoms with Crippen LogP contribution in [0.4, 0.5) is 9.52 Å². The Morgan fingerprint density at radius 2 is 1.83 bits per heavy atom. The summed E-state index contributed by atoms with van der Waals surface area (Å²) in [4.78, 5) is 17.5. The van der Waals surface area contributed by atoms with Gasteiger partial charge in [0.15, 0.2) is 5.13 Å². The minimum atomic E-state index is -0.372. The fourth-order valence-corrected chi connectivity index (χ4v) is 3.27. The lowest BCUT2D eigenvalue weighted by Gasteiger charge is -2.03. The molecule has 0 atom stereocenters. The van der Waals surface area contributed by atoms with Crippen LogP contribution in [0.15, 0.2) is 54.6 Å². The first-order valence-electron chi connectivity index (χ1n) is 7.19. The minimum absolute atomic E-state index is 0.00797. The van der Waals surface area contributed by atoms with Crippen LogP contribution < -0.4 is 5.32 Å². The second-order valence-corrected chi connectivity index (χ2v) is 6.12.